The molecular weight excluding hydrogens is 376 g/mol. The van der Waals surface area contributed by atoms with Crippen LogP contribution in [-0.4, -0.2) is 29.0 Å². The first-order valence-electron chi connectivity index (χ1n) is 10.3. The Morgan fingerprint density at radius 3 is 2.60 bits per heavy atom. The summed E-state index contributed by atoms with van der Waals surface area (Å²) in [5.41, 5.74) is 2.24. The van der Waals surface area contributed by atoms with Crippen LogP contribution in [0.1, 0.15) is 24.0 Å². The Balaban J connectivity index is 1.35. The van der Waals surface area contributed by atoms with Gasteiger partial charge in [-0.25, -0.2) is 9.97 Å². The molecule has 1 aliphatic heterocycles. The summed E-state index contributed by atoms with van der Waals surface area (Å²) in [4.78, 5) is 23.6. The van der Waals surface area contributed by atoms with Crippen molar-refractivity contribution in [3.05, 3.63) is 78.1 Å². The van der Waals surface area contributed by atoms with Gasteiger partial charge in [0.25, 0.3) is 5.88 Å². The van der Waals surface area contributed by atoms with Crippen LogP contribution >= 0.6 is 0 Å². The third kappa shape index (κ3) is 4.95. The number of nitrogens with one attached hydrogen (secondary N) is 1. The Bertz CT molecular complexity index is 985. The molecule has 30 heavy (non-hydrogen) atoms. The molecule has 6 heteroatoms. The molecule has 1 N–H and O–H groups in total. The first-order valence-corrected chi connectivity index (χ1v) is 10.3. The van der Waals surface area contributed by atoms with Crippen molar-refractivity contribution >= 4 is 11.7 Å². The van der Waals surface area contributed by atoms with Crippen LogP contribution in [0.3, 0.4) is 0 Å². The predicted octanol–water partition coefficient (Wildman–Crippen LogP) is 4.11. The van der Waals surface area contributed by atoms with E-state index in [4.69, 9.17) is 4.74 Å². The fourth-order valence-corrected chi connectivity index (χ4v) is 3.68. The van der Waals surface area contributed by atoms with E-state index in [9.17, 15) is 4.79 Å². The van der Waals surface area contributed by atoms with Crippen LogP contribution in [0.2, 0.25) is 0 Å². The molecular formula is C24H26N4O2. The molecule has 4 rings (SSSR count). The summed E-state index contributed by atoms with van der Waals surface area (Å²) in [6, 6.07) is 17.9. The van der Waals surface area contributed by atoms with Crippen molar-refractivity contribution in [2.75, 3.05) is 18.0 Å². The van der Waals surface area contributed by atoms with E-state index in [0.29, 0.717) is 12.4 Å². The van der Waals surface area contributed by atoms with Gasteiger partial charge in [-0.3, -0.25) is 4.79 Å². The third-order valence-electron chi connectivity index (χ3n) is 5.33. The Hall–Kier alpha value is -3.41. The summed E-state index contributed by atoms with van der Waals surface area (Å²) in [6.07, 6.45) is 4.87. The van der Waals surface area contributed by atoms with Crippen molar-refractivity contribution in [2.45, 2.75) is 26.3 Å². The van der Waals surface area contributed by atoms with Gasteiger partial charge in [0.2, 0.25) is 5.91 Å². The highest BCUT2D eigenvalue weighted by atomic mass is 16.5. The molecule has 2 aromatic carbocycles. The maximum absolute atomic E-state index is 12.6. The Morgan fingerprint density at radius 2 is 1.83 bits per heavy atom. The van der Waals surface area contributed by atoms with Crippen LogP contribution in [0, 0.1) is 12.8 Å². The van der Waals surface area contributed by atoms with Crippen LogP contribution in [-0.2, 0) is 11.3 Å². The van der Waals surface area contributed by atoms with E-state index < -0.39 is 0 Å². The average molecular weight is 402 g/mol. The number of hydrogen-bond donors (Lipinski definition) is 1. The van der Waals surface area contributed by atoms with Gasteiger partial charge in [0.05, 0.1) is 0 Å². The van der Waals surface area contributed by atoms with Crippen LogP contribution < -0.4 is 15.0 Å². The monoisotopic (exact) mass is 402 g/mol. The summed E-state index contributed by atoms with van der Waals surface area (Å²) in [5.74, 6) is 2.10. The lowest BCUT2D eigenvalue weighted by Gasteiger charge is -2.32. The van der Waals surface area contributed by atoms with Crippen molar-refractivity contribution in [1.29, 1.82) is 0 Å². The molecule has 1 fully saturated rings. The van der Waals surface area contributed by atoms with Gasteiger partial charge in [0, 0.05) is 37.9 Å². The molecule has 0 atom stereocenters. The zero-order valence-electron chi connectivity index (χ0n) is 17.1. The van der Waals surface area contributed by atoms with Crippen molar-refractivity contribution in [1.82, 2.24) is 15.3 Å². The lowest BCUT2D eigenvalue weighted by molar-refractivity contribution is -0.125. The van der Waals surface area contributed by atoms with Gasteiger partial charge in [0.1, 0.15) is 5.75 Å². The summed E-state index contributed by atoms with van der Waals surface area (Å²) in [7, 11) is 0. The van der Waals surface area contributed by atoms with Gasteiger partial charge in [-0.2, -0.15) is 0 Å². The minimum Gasteiger partial charge on any atom is -0.436 e. The van der Waals surface area contributed by atoms with Gasteiger partial charge in [-0.15, -0.1) is 0 Å². The third-order valence-corrected chi connectivity index (χ3v) is 5.33. The highest BCUT2D eigenvalue weighted by Gasteiger charge is 2.27. The van der Waals surface area contributed by atoms with E-state index in [2.05, 4.69) is 20.2 Å². The molecule has 0 unspecified atom stereocenters. The number of benzene rings is 2. The van der Waals surface area contributed by atoms with E-state index in [1.807, 2.05) is 61.5 Å². The number of aromatic nitrogens is 2. The van der Waals surface area contributed by atoms with E-state index >= 15 is 0 Å². The van der Waals surface area contributed by atoms with Crippen molar-refractivity contribution in [2.24, 2.45) is 5.92 Å². The fraction of sp³-hybridized carbons (Fsp3) is 0.292. The highest BCUT2D eigenvalue weighted by molar-refractivity contribution is 5.79. The molecule has 1 saturated heterocycles. The number of rotatable bonds is 6. The largest absolute Gasteiger partial charge is 0.436 e. The zero-order chi connectivity index (χ0) is 20.8. The van der Waals surface area contributed by atoms with Crippen LogP contribution in [0.15, 0.2) is 67.0 Å². The molecule has 1 aromatic heterocycles. The minimum atomic E-state index is 0.0165. The molecule has 0 radical (unpaired) electrons. The number of carbonyl (C=O) groups excluding carboxylic acids is 1. The minimum absolute atomic E-state index is 0.0165. The maximum atomic E-state index is 12.6. The second-order valence-corrected chi connectivity index (χ2v) is 7.57. The average Bonchev–Trinajstić information content (AvgIpc) is 2.79. The summed E-state index contributed by atoms with van der Waals surface area (Å²) >= 11 is 0. The molecule has 0 spiro atoms. The molecule has 0 saturated carbocycles. The molecule has 3 aromatic rings. The second-order valence-electron chi connectivity index (χ2n) is 7.57. The van der Waals surface area contributed by atoms with Crippen LogP contribution in [0.25, 0.3) is 0 Å². The maximum Gasteiger partial charge on any atom is 0.263 e. The topological polar surface area (TPSA) is 67.4 Å². The summed E-state index contributed by atoms with van der Waals surface area (Å²) in [6.45, 7) is 4.08. The lowest BCUT2D eigenvalue weighted by atomic mass is 9.96. The first-order chi connectivity index (χ1) is 14.7. The SMILES string of the molecule is Cc1cccc(Oc2nccnc2N2CCC(C(=O)NCc3ccccc3)CC2)c1. The van der Waals surface area contributed by atoms with Gasteiger partial charge >= 0.3 is 0 Å². The first kappa shape index (κ1) is 19.9. The summed E-state index contributed by atoms with van der Waals surface area (Å²) in [5, 5.41) is 3.06. The second kappa shape index (κ2) is 9.39. The molecule has 154 valence electrons. The summed E-state index contributed by atoms with van der Waals surface area (Å²) < 4.78 is 6.01. The molecule has 0 bridgehead atoms. The van der Waals surface area contributed by atoms with Gasteiger partial charge in [-0.1, -0.05) is 42.5 Å². The van der Waals surface area contributed by atoms with Gasteiger partial charge < -0.3 is 15.0 Å². The van der Waals surface area contributed by atoms with Crippen molar-refractivity contribution in [3.63, 3.8) is 0 Å². The fourth-order valence-electron chi connectivity index (χ4n) is 3.68. The standard InChI is InChI=1S/C24H26N4O2/c1-18-6-5-9-21(16-18)30-24-22(25-12-13-26-24)28-14-10-20(11-15-28)23(29)27-17-19-7-3-2-4-8-19/h2-9,12-13,16,20H,10-11,14-15,17H2,1H3,(H,27,29). The number of aryl methyl sites for hydroxylation is 1. The van der Waals surface area contributed by atoms with Crippen molar-refractivity contribution in [3.8, 4) is 11.6 Å². The van der Waals surface area contributed by atoms with E-state index in [1.165, 1.54) is 0 Å². The Morgan fingerprint density at radius 1 is 1.07 bits per heavy atom. The number of hydrogen-bond acceptors (Lipinski definition) is 5. The van der Waals surface area contributed by atoms with Gasteiger partial charge in [0.15, 0.2) is 5.82 Å². The molecule has 1 aliphatic rings. The quantitative estimate of drug-likeness (QED) is 0.672. The van der Waals surface area contributed by atoms with E-state index in [1.54, 1.807) is 12.4 Å². The lowest BCUT2D eigenvalue weighted by Crippen LogP contribution is -2.40. The van der Waals surface area contributed by atoms with Gasteiger partial charge in [-0.05, 0) is 43.0 Å². The number of piperidine rings is 1. The van der Waals surface area contributed by atoms with Crippen LogP contribution in [0.4, 0.5) is 5.82 Å². The number of anilines is 1. The smallest absolute Gasteiger partial charge is 0.263 e. The number of amides is 1. The molecule has 6 nitrogen and oxygen atoms in total. The molecule has 0 aliphatic carbocycles. The Labute approximate surface area is 176 Å². The molecule has 2 heterocycles. The van der Waals surface area contributed by atoms with E-state index in [0.717, 1.165) is 48.6 Å². The van der Waals surface area contributed by atoms with E-state index in [-0.39, 0.29) is 11.8 Å². The zero-order valence-corrected chi connectivity index (χ0v) is 17.1. The predicted molar refractivity (Wildman–Crippen MR) is 117 cm³/mol. The molecule has 1 amide bonds. The highest BCUT2D eigenvalue weighted by Crippen LogP contribution is 2.31. The van der Waals surface area contributed by atoms with Crippen LogP contribution in [0.5, 0.6) is 11.6 Å². The van der Waals surface area contributed by atoms with Crippen molar-refractivity contribution < 1.29 is 9.53 Å². The number of ether oxygens (including phenoxy) is 1. The normalized spacial score (nSPS) is 14.4. The Kier molecular flexibility index (Phi) is 6.23. The number of carbonyl (C=O) groups is 1. The number of nitrogens with zero attached hydrogens (tertiary/aromatic N) is 3.